The Bertz CT molecular complexity index is 875. The van der Waals surface area contributed by atoms with Crippen molar-refractivity contribution in [2.45, 2.75) is 19.6 Å². The van der Waals surface area contributed by atoms with Crippen molar-refractivity contribution in [3.63, 3.8) is 0 Å². The molecule has 2 aromatic heterocycles. The number of aromatic nitrogens is 4. The van der Waals surface area contributed by atoms with Gasteiger partial charge in [-0.3, -0.25) is 0 Å². The van der Waals surface area contributed by atoms with Crippen molar-refractivity contribution in [3.8, 4) is 5.75 Å². The van der Waals surface area contributed by atoms with Crippen LogP contribution >= 0.6 is 0 Å². The summed E-state index contributed by atoms with van der Waals surface area (Å²) in [7, 11) is 1.33. The molecule has 0 aliphatic rings. The lowest BCUT2D eigenvalue weighted by Gasteiger charge is -2.15. The Labute approximate surface area is 135 Å². The maximum Gasteiger partial charge on any atom is 0.416 e. The number of hydrogen-bond acceptors (Lipinski definition) is 5. The molecule has 0 bridgehead atoms. The summed E-state index contributed by atoms with van der Waals surface area (Å²) in [4.78, 5) is 8.16. The number of alkyl halides is 3. The predicted octanol–water partition coefficient (Wildman–Crippen LogP) is 3.07. The highest BCUT2D eigenvalue weighted by Crippen LogP contribution is 2.34. The van der Waals surface area contributed by atoms with E-state index in [-0.39, 0.29) is 17.9 Å². The van der Waals surface area contributed by atoms with Crippen molar-refractivity contribution in [2.24, 2.45) is 0 Å². The van der Waals surface area contributed by atoms with Crippen LogP contribution in [0, 0.1) is 6.92 Å². The van der Waals surface area contributed by atoms with Crippen LogP contribution in [0.1, 0.15) is 16.8 Å². The summed E-state index contributed by atoms with van der Waals surface area (Å²) in [6.45, 7) is 1.74. The predicted molar refractivity (Wildman–Crippen MR) is 80.8 cm³/mol. The molecule has 126 valence electrons. The molecule has 1 aromatic carbocycles. The summed E-state index contributed by atoms with van der Waals surface area (Å²) in [6.07, 6.45) is -3.14. The molecule has 0 saturated carbocycles. The van der Waals surface area contributed by atoms with E-state index in [0.29, 0.717) is 17.3 Å². The van der Waals surface area contributed by atoms with E-state index >= 15 is 0 Å². The summed E-state index contributed by atoms with van der Waals surface area (Å²) in [6, 6.07) is 5.56. The summed E-state index contributed by atoms with van der Waals surface area (Å²) in [5.41, 5.74) is 0.0461. The topological polar surface area (TPSA) is 64.3 Å². The number of rotatable bonds is 4. The molecule has 24 heavy (non-hydrogen) atoms. The van der Waals surface area contributed by atoms with E-state index < -0.39 is 11.7 Å². The zero-order valence-corrected chi connectivity index (χ0v) is 12.9. The Hall–Kier alpha value is -2.84. The molecule has 2 heterocycles. The van der Waals surface area contributed by atoms with Crippen molar-refractivity contribution in [2.75, 3.05) is 12.4 Å². The first kappa shape index (κ1) is 16.0. The monoisotopic (exact) mass is 337 g/mol. The molecule has 0 aliphatic carbocycles. The number of halogens is 3. The fourth-order valence-electron chi connectivity index (χ4n) is 2.34. The van der Waals surface area contributed by atoms with Gasteiger partial charge >= 0.3 is 6.18 Å². The van der Waals surface area contributed by atoms with Gasteiger partial charge in [0.2, 0.25) is 0 Å². The number of fused-ring (bicyclic) bond motifs is 1. The average molecular weight is 337 g/mol. The van der Waals surface area contributed by atoms with E-state index in [4.69, 9.17) is 4.74 Å². The van der Waals surface area contributed by atoms with Crippen LogP contribution in [0.15, 0.2) is 30.6 Å². The molecule has 1 N–H and O–H groups in total. The summed E-state index contributed by atoms with van der Waals surface area (Å²) in [5.74, 6) is 1.05. The molecule has 6 nitrogen and oxygen atoms in total. The Morgan fingerprint density at radius 2 is 2.04 bits per heavy atom. The number of aryl methyl sites for hydroxylation is 1. The first-order valence-electron chi connectivity index (χ1n) is 7.04. The zero-order chi connectivity index (χ0) is 17.3. The second-order valence-electron chi connectivity index (χ2n) is 5.13. The smallest absolute Gasteiger partial charge is 0.416 e. The number of hydrogen-bond donors (Lipinski definition) is 1. The molecule has 0 atom stereocenters. The summed E-state index contributed by atoms with van der Waals surface area (Å²) < 4.78 is 46.0. The van der Waals surface area contributed by atoms with Gasteiger partial charge in [-0.2, -0.15) is 27.8 Å². The number of methoxy groups -OCH3 is 1. The molecule has 0 spiro atoms. The van der Waals surface area contributed by atoms with Gasteiger partial charge in [-0.15, -0.1) is 0 Å². The van der Waals surface area contributed by atoms with Crippen LogP contribution in [-0.4, -0.2) is 26.7 Å². The van der Waals surface area contributed by atoms with E-state index in [1.54, 1.807) is 13.0 Å². The minimum atomic E-state index is -4.47. The van der Waals surface area contributed by atoms with Crippen LogP contribution in [0.5, 0.6) is 5.75 Å². The van der Waals surface area contributed by atoms with Gasteiger partial charge in [0, 0.05) is 18.3 Å². The SMILES string of the molecule is COc1ccc(CNc2cc(C)nc3ncnn23)c(C(F)(F)F)c1. The van der Waals surface area contributed by atoms with Crippen LogP contribution in [0.2, 0.25) is 0 Å². The Morgan fingerprint density at radius 3 is 2.75 bits per heavy atom. The third-order valence-corrected chi connectivity index (χ3v) is 3.46. The third kappa shape index (κ3) is 3.10. The summed E-state index contributed by atoms with van der Waals surface area (Å²) >= 11 is 0. The number of benzene rings is 1. The standard InChI is InChI=1S/C15H14F3N5O/c1-9-5-13(23-14(22-9)20-8-21-23)19-7-10-3-4-11(24-2)6-12(10)15(16,17)18/h3-6,8,19H,7H2,1-2H3. The van der Waals surface area contributed by atoms with Crippen LogP contribution in [-0.2, 0) is 12.7 Å². The summed E-state index contributed by atoms with van der Waals surface area (Å²) in [5, 5.41) is 6.97. The lowest BCUT2D eigenvalue weighted by molar-refractivity contribution is -0.138. The number of ether oxygens (including phenoxy) is 1. The molecular weight excluding hydrogens is 323 g/mol. The molecular formula is C15H14F3N5O. The van der Waals surface area contributed by atoms with E-state index in [2.05, 4.69) is 20.4 Å². The molecule has 3 rings (SSSR count). The fourth-order valence-corrected chi connectivity index (χ4v) is 2.34. The molecule has 9 heteroatoms. The third-order valence-electron chi connectivity index (χ3n) is 3.46. The van der Waals surface area contributed by atoms with E-state index in [0.717, 1.165) is 6.07 Å². The largest absolute Gasteiger partial charge is 0.497 e. The highest BCUT2D eigenvalue weighted by molar-refractivity contribution is 5.46. The van der Waals surface area contributed by atoms with Gasteiger partial charge in [0.25, 0.3) is 5.78 Å². The van der Waals surface area contributed by atoms with Gasteiger partial charge in [-0.25, -0.2) is 4.98 Å². The lowest BCUT2D eigenvalue weighted by Crippen LogP contribution is -2.13. The molecule has 0 aliphatic heterocycles. The maximum atomic E-state index is 13.2. The maximum absolute atomic E-state index is 13.2. The number of anilines is 1. The molecule has 0 fully saturated rings. The average Bonchev–Trinajstić information content (AvgIpc) is 2.99. The van der Waals surface area contributed by atoms with Gasteiger partial charge in [0.1, 0.15) is 17.9 Å². The normalized spacial score (nSPS) is 11.7. The van der Waals surface area contributed by atoms with E-state index in [1.807, 2.05) is 0 Å². The first-order chi connectivity index (χ1) is 11.4. The Morgan fingerprint density at radius 1 is 1.25 bits per heavy atom. The van der Waals surface area contributed by atoms with Crippen molar-refractivity contribution in [3.05, 3.63) is 47.4 Å². The molecule has 3 aromatic rings. The van der Waals surface area contributed by atoms with E-state index in [1.165, 1.54) is 30.1 Å². The van der Waals surface area contributed by atoms with Crippen molar-refractivity contribution >= 4 is 11.6 Å². The second kappa shape index (κ2) is 5.99. The first-order valence-corrected chi connectivity index (χ1v) is 7.04. The van der Waals surface area contributed by atoms with Gasteiger partial charge in [0.15, 0.2) is 0 Å². The molecule has 0 amide bonds. The van der Waals surface area contributed by atoms with Gasteiger partial charge in [-0.1, -0.05) is 6.07 Å². The highest BCUT2D eigenvalue weighted by Gasteiger charge is 2.33. The van der Waals surface area contributed by atoms with Gasteiger partial charge < -0.3 is 10.1 Å². The van der Waals surface area contributed by atoms with Crippen LogP contribution in [0.3, 0.4) is 0 Å². The molecule has 0 radical (unpaired) electrons. The van der Waals surface area contributed by atoms with Crippen molar-refractivity contribution < 1.29 is 17.9 Å². The van der Waals surface area contributed by atoms with Crippen LogP contribution in [0.25, 0.3) is 5.78 Å². The van der Waals surface area contributed by atoms with E-state index in [9.17, 15) is 13.2 Å². The van der Waals surface area contributed by atoms with Crippen LogP contribution in [0.4, 0.5) is 19.0 Å². The number of nitrogens with one attached hydrogen (secondary N) is 1. The minimum Gasteiger partial charge on any atom is -0.497 e. The van der Waals surface area contributed by atoms with Crippen molar-refractivity contribution in [1.82, 2.24) is 19.6 Å². The Kier molecular flexibility index (Phi) is 4.00. The minimum absolute atomic E-state index is 0.0305. The lowest BCUT2D eigenvalue weighted by atomic mass is 10.1. The second-order valence-corrected chi connectivity index (χ2v) is 5.13. The Balaban J connectivity index is 1.92. The van der Waals surface area contributed by atoms with Crippen LogP contribution < -0.4 is 10.1 Å². The highest BCUT2D eigenvalue weighted by atomic mass is 19.4. The molecule has 0 saturated heterocycles. The molecule has 0 unspecified atom stereocenters. The van der Waals surface area contributed by atoms with Gasteiger partial charge in [0.05, 0.1) is 12.7 Å². The van der Waals surface area contributed by atoms with Gasteiger partial charge in [-0.05, 0) is 24.6 Å². The van der Waals surface area contributed by atoms with Crippen molar-refractivity contribution in [1.29, 1.82) is 0 Å². The quantitative estimate of drug-likeness (QED) is 0.793. The number of nitrogens with zero attached hydrogens (tertiary/aromatic N) is 4. The zero-order valence-electron chi connectivity index (χ0n) is 12.9. The fraction of sp³-hybridized carbons (Fsp3) is 0.267.